The molecule has 0 radical (unpaired) electrons. The minimum atomic E-state index is -0.401. The summed E-state index contributed by atoms with van der Waals surface area (Å²) in [6, 6.07) is 0. The Morgan fingerprint density at radius 2 is 1.73 bits per heavy atom. The number of amides is 1. The molecule has 0 aliphatic carbocycles. The van der Waals surface area contributed by atoms with E-state index in [1.165, 1.54) is 0 Å². The Kier molecular flexibility index (Phi) is 3.12. The first kappa shape index (κ1) is 12.5. The zero-order valence-electron chi connectivity index (χ0n) is 10.0. The van der Waals surface area contributed by atoms with E-state index in [9.17, 15) is 10.0 Å². The fourth-order valence-corrected chi connectivity index (χ4v) is 2.90. The Morgan fingerprint density at radius 1 is 1.33 bits per heavy atom. The predicted molar refractivity (Wildman–Crippen MR) is 59.9 cm³/mol. The van der Waals surface area contributed by atoms with Crippen LogP contribution in [0.25, 0.3) is 0 Å². The van der Waals surface area contributed by atoms with Gasteiger partial charge in [-0.2, -0.15) is 0 Å². The molecular weight excluding hydrogens is 192 g/mol. The van der Waals surface area contributed by atoms with Crippen molar-refractivity contribution in [1.29, 1.82) is 0 Å². The molecule has 0 bridgehead atoms. The van der Waals surface area contributed by atoms with Gasteiger partial charge in [0.2, 0.25) is 5.91 Å². The molecule has 0 aromatic rings. The van der Waals surface area contributed by atoms with Gasteiger partial charge < -0.3 is 16.0 Å². The van der Waals surface area contributed by atoms with Gasteiger partial charge in [0.15, 0.2) is 0 Å². The van der Waals surface area contributed by atoms with E-state index >= 15 is 0 Å². The molecule has 0 unspecified atom stereocenters. The molecule has 4 heteroatoms. The second-order valence-electron chi connectivity index (χ2n) is 5.86. The zero-order valence-corrected chi connectivity index (χ0v) is 10.0. The highest BCUT2D eigenvalue weighted by Crippen LogP contribution is 2.41. The van der Waals surface area contributed by atoms with Gasteiger partial charge in [0.05, 0.1) is 0 Å². The number of piperidine rings is 1. The normalized spacial score (nSPS) is 26.5. The Balaban J connectivity index is 2.79. The van der Waals surface area contributed by atoms with Crippen molar-refractivity contribution in [3.05, 3.63) is 5.21 Å². The molecule has 0 aromatic carbocycles. The van der Waals surface area contributed by atoms with Crippen molar-refractivity contribution >= 4 is 5.91 Å². The highest BCUT2D eigenvalue weighted by molar-refractivity contribution is 5.74. The van der Waals surface area contributed by atoms with Gasteiger partial charge in [-0.3, -0.25) is 4.79 Å². The van der Waals surface area contributed by atoms with Crippen LogP contribution in [0, 0.1) is 11.1 Å². The first-order valence-electron chi connectivity index (χ1n) is 5.41. The molecule has 4 nitrogen and oxygen atoms in total. The van der Waals surface area contributed by atoms with Gasteiger partial charge in [-0.25, -0.2) is 0 Å². The monoisotopic (exact) mass is 213 g/mol. The van der Waals surface area contributed by atoms with E-state index in [0.29, 0.717) is 6.42 Å². The molecule has 1 amide bonds. The third kappa shape index (κ3) is 2.69. The SMILES string of the molecule is CC1(C)CC(CC(N)=O)CC(C)(C)N1[O-]. The van der Waals surface area contributed by atoms with Gasteiger partial charge in [-0.05, 0) is 46.5 Å². The van der Waals surface area contributed by atoms with Crippen LogP contribution in [0.3, 0.4) is 0 Å². The maximum atomic E-state index is 12.0. The lowest BCUT2D eigenvalue weighted by Crippen LogP contribution is -2.57. The molecule has 1 aliphatic rings. The van der Waals surface area contributed by atoms with E-state index in [0.717, 1.165) is 17.9 Å². The van der Waals surface area contributed by atoms with Crippen LogP contribution in [-0.2, 0) is 4.79 Å². The highest BCUT2D eigenvalue weighted by Gasteiger charge is 2.40. The first-order valence-corrected chi connectivity index (χ1v) is 5.41. The van der Waals surface area contributed by atoms with Crippen molar-refractivity contribution in [3.63, 3.8) is 0 Å². The van der Waals surface area contributed by atoms with E-state index in [4.69, 9.17) is 5.73 Å². The minimum Gasteiger partial charge on any atom is -0.784 e. The number of rotatable bonds is 2. The number of carbonyl (C=O) groups excluding carboxylic acids is 1. The summed E-state index contributed by atoms with van der Waals surface area (Å²) in [5, 5.41) is 13.2. The summed E-state index contributed by atoms with van der Waals surface area (Å²) in [6.07, 6.45) is 1.87. The Morgan fingerprint density at radius 3 is 2.07 bits per heavy atom. The average molecular weight is 213 g/mol. The summed E-state index contributed by atoms with van der Waals surface area (Å²) in [5.74, 6) is -0.0383. The standard InChI is InChI=1S/C11H21N2O2/c1-10(2)6-8(5-9(12)14)7-11(3,4)13(10)15/h8H,5-7H2,1-4H3,(H2,12,14)/q-1. The Labute approximate surface area is 91.4 Å². The minimum absolute atomic E-state index is 0.234. The second-order valence-corrected chi connectivity index (χ2v) is 5.86. The molecule has 0 spiro atoms. The van der Waals surface area contributed by atoms with Crippen LogP contribution in [0.15, 0.2) is 0 Å². The molecule has 0 saturated carbocycles. The maximum Gasteiger partial charge on any atom is 0.217 e. The number of hydrogen-bond donors (Lipinski definition) is 1. The van der Waals surface area contributed by atoms with Crippen LogP contribution in [0.1, 0.15) is 47.0 Å². The molecular formula is C11H21N2O2-. The third-order valence-corrected chi connectivity index (χ3v) is 3.17. The predicted octanol–water partition coefficient (Wildman–Crippen LogP) is 1.63. The Bertz CT molecular complexity index is 243. The number of hydroxylamine groups is 2. The molecule has 1 saturated heterocycles. The number of hydrogen-bond acceptors (Lipinski definition) is 3. The van der Waals surface area contributed by atoms with E-state index in [1.807, 2.05) is 27.7 Å². The summed E-state index contributed by atoms with van der Waals surface area (Å²) < 4.78 is 0. The molecule has 0 aromatic heterocycles. The van der Waals surface area contributed by atoms with Crippen molar-refractivity contribution in [2.24, 2.45) is 11.7 Å². The number of carbonyl (C=O) groups is 1. The van der Waals surface area contributed by atoms with Crippen LogP contribution in [0.4, 0.5) is 0 Å². The highest BCUT2D eigenvalue weighted by atomic mass is 16.5. The van der Waals surface area contributed by atoms with Crippen LogP contribution in [0.5, 0.6) is 0 Å². The summed E-state index contributed by atoms with van der Waals surface area (Å²) >= 11 is 0. The lowest BCUT2D eigenvalue weighted by atomic mass is 9.74. The second kappa shape index (κ2) is 3.76. The third-order valence-electron chi connectivity index (χ3n) is 3.17. The summed E-state index contributed by atoms with van der Waals surface area (Å²) in [4.78, 5) is 10.9. The van der Waals surface area contributed by atoms with E-state index in [1.54, 1.807) is 0 Å². The number of primary amides is 1. The fraction of sp³-hybridized carbons (Fsp3) is 0.909. The van der Waals surface area contributed by atoms with Crippen molar-refractivity contribution in [2.45, 2.75) is 58.0 Å². The van der Waals surface area contributed by atoms with Crippen LogP contribution < -0.4 is 5.73 Å². The van der Waals surface area contributed by atoms with E-state index < -0.39 is 11.1 Å². The number of nitrogens with zero attached hydrogens (tertiary/aromatic N) is 1. The molecule has 1 aliphatic heterocycles. The van der Waals surface area contributed by atoms with Gasteiger partial charge >= 0.3 is 0 Å². The molecule has 88 valence electrons. The smallest absolute Gasteiger partial charge is 0.217 e. The Hall–Kier alpha value is -0.610. The van der Waals surface area contributed by atoms with Gasteiger partial charge in [0.1, 0.15) is 0 Å². The van der Waals surface area contributed by atoms with Crippen molar-refractivity contribution in [2.75, 3.05) is 0 Å². The maximum absolute atomic E-state index is 12.0. The van der Waals surface area contributed by atoms with E-state index in [-0.39, 0.29) is 11.8 Å². The number of nitrogens with two attached hydrogens (primary N) is 1. The molecule has 15 heavy (non-hydrogen) atoms. The van der Waals surface area contributed by atoms with Crippen molar-refractivity contribution in [3.8, 4) is 0 Å². The molecule has 1 heterocycles. The molecule has 1 fully saturated rings. The molecule has 0 atom stereocenters. The van der Waals surface area contributed by atoms with Crippen molar-refractivity contribution < 1.29 is 4.79 Å². The van der Waals surface area contributed by atoms with Gasteiger partial charge in [0.25, 0.3) is 0 Å². The summed E-state index contributed by atoms with van der Waals surface area (Å²) in [6.45, 7) is 7.70. The lowest BCUT2D eigenvalue weighted by molar-refractivity contribution is -0.120. The van der Waals surface area contributed by atoms with Gasteiger partial charge in [-0.1, -0.05) is 0 Å². The quantitative estimate of drug-likeness (QED) is 0.758. The average Bonchev–Trinajstić information content (AvgIpc) is 1.97. The topological polar surface area (TPSA) is 69.4 Å². The largest absolute Gasteiger partial charge is 0.784 e. The van der Waals surface area contributed by atoms with Gasteiger partial charge in [0, 0.05) is 17.5 Å². The first-order chi connectivity index (χ1) is 6.65. The van der Waals surface area contributed by atoms with Crippen LogP contribution in [0.2, 0.25) is 0 Å². The van der Waals surface area contributed by atoms with Crippen LogP contribution >= 0.6 is 0 Å². The van der Waals surface area contributed by atoms with E-state index in [2.05, 4.69) is 0 Å². The fourth-order valence-electron chi connectivity index (χ4n) is 2.90. The van der Waals surface area contributed by atoms with Gasteiger partial charge in [-0.15, -0.1) is 0 Å². The van der Waals surface area contributed by atoms with Crippen molar-refractivity contribution in [1.82, 2.24) is 5.06 Å². The summed E-state index contributed by atoms with van der Waals surface area (Å²) in [5.41, 5.74) is 4.40. The molecule has 2 N–H and O–H groups in total. The summed E-state index contributed by atoms with van der Waals surface area (Å²) in [7, 11) is 0. The lowest BCUT2D eigenvalue weighted by Gasteiger charge is -2.60. The van der Waals surface area contributed by atoms with Crippen LogP contribution in [-0.4, -0.2) is 22.0 Å². The zero-order chi connectivity index (χ0) is 11.9. The molecule has 1 rings (SSSR count).